The molecule has 1 aromatic heterocycles. The number of Topliss-reactive ketones (excluding diaryl/α,β-unsaturated/α-hetero) is 1. The van der Waals surface area contributed by atoms with Crippen molar-refractivity contribution < 1.29 is 14.0 Å². The Bertz CT molecular complexity index is 781. The molecule has 1 aromatic carbocycles. The second-order valence-electron chi connectivity index (χ2n) is 7.41. The Hall–Kier alpha value is -2.40. The summed E-state index contributed by atoms with van der Waals surface area (Å²) in [7, 11) is 3.89. The summed E-state index contributed by atoms with van der Waals surface area (Å²) in [5.41, 5.74) is 3.39. The minimum absolute atomic E-state index is 0.0275. The summed E-state index contributed by atoms with van der Waals surface area (Å²) >= 11 is 0. The Labute approximate surface area is 160 Å². The number of nitrogens with zero attached hydrogens (tertiary/aromatic N) is 1. The van der Waals surface area contributed by atoms with Crippen molar-refractivity contribution in [3.63, 3.8) is 0 Å². The van der Waals surface area contributed by atoms with Gasteiger partial charge in [-0.05, 0) is 69.1 Å². The number of benzene rings is 1. The van der Waals surface area contributed by atoms with E-state index in [2.05, 4.69) is 11.4 Å². The summed E-state index contributed by atoms with van der Waals surface area (Å²) in [6.07, 6.45) is 6.64. The van der Waals surface area contributed by atoms with Gasteiger partial charge in [0.15, 0.2) is 5.78 Å². The van der Waals surface area contributed by atoms with Crippen LogP contribution in [0, 0.1) is 0 Å². The molecule has 3 rings (SSSR count). The van der Waals surface area contributed by atoms with Gasteiger partial charge in [0.05, 0.1) is 12.3 Å². The molecule has 1 heterocycles. The predicted octanol–water partition coefficient (Wildman–Crippen LogP) is 3.54. The number of rotatable bonds is 8. The van der Waals surface area contributed by atoms with Crippen molar-refractivity contribution in [3.05, 3.63) is 59.0 Å². The molecule has 0 fully saturated rings. The minimum atomic E-state index is -0.111. The van der Waals surface area contributed by atoms with Gasteiger partial charge < -0.3 is 9.73 Å². The zero-order chi connectivity index (χ0) is 19.2. The average Bonchev–Trinajstić information content (AvgIpc) is 3.20. The lowest BCUT2D eigenvalue weighted by molar-refractivity contribution is -0.121. The standard InChI is InChI=1S/C22H28N2O3/c1-24(2)19(21-8-5-13-27-21)15-23-22(26)12-11-20(25)18-10-9-16-6-3-4-7-17(16)14-18/h5,8-10,13-14,19H,3-4,6-7,11-12,15H2,1-2H3,(H,23,26). The first-order chi connectivity index (χ1) is 13.0. The highest BCUT2D eigenvalue weighted by molar-refractivity contribution is 5.98. The molecule has 0 radical (unpaired) electrons. The lowest BCUT2D eigenvalue weighted by Crippen LogP contribution is -2.34. The smallest absolute Gasteiger partial charge is 0.220 e. The molecule has 5 nitrogen and oxygen atoms in total. The Morgan fingerprint density at radius 1 is 1.11 bits per heavy atom. The fourth-order valence-electron chi connectivity index (χ4n) is 3.60. The van der Waals surface area contributed by atoms with E-state index >= 15 is 0 Å². The van der Waals surface area contributed by atoms with E-state index in [1.54, 1.807) is 6.26 Å². The quantitative estimate of drug-likeness (QED) is 0.724. The monoisotopic (exact) mass is 368 g/mol. The topological polar surface area (TPSA) is 62.6 Å². The van der Waals surface area contributed by atoms with Crippen LogP contribution < -0.4 is 5.32 Å². The number of furan rings is 1. The molecule has 1 N–H and O–H groups in total. The molecular weight excluding hydrogens is 340 g/mol. The maximum Gasteiger partial charge on any atom is 0.220 e. The number of nitrogens with one attached hydrogen (secondary N) is 1. The number of amides is 1. The number of likely N-dealkylation sites (N-methyl/N-ethyl adjacent to an activating group) is 1. The zero-order valence-electron chi connectivity index (χ0n) is 16.2. The van der Waals surface area contributed by atoms with E-state index in [-0.39, 0.29) is 30.6 Å². The van der Waals surface area contributed by atoms with E-state index in [1.807, 2.05) is 43.3 Å². The van der Waals surface area contributed by atoms with Gasteiger partial charge in [0.25, 0.3) is 0 Å². The Morgan fingerprint density at radius 2 is 1.89 bits per heavy atom. The van der Waals surface area contributed by atoms with Gasteiger partial charge in [-0.25, -0.2) is 0 Å². The highest BCUT2D eigenvalue weighted by Gasteiger charge is 2.18. The number of hydrogen-bond donors (Lipinski definition) is 1. The zero-order valence-corrected chi connectivity index (χ0v) is 16.2. The minimum Gasteiger partial charge on any atom is -0.468 e. The van der Waals surface area contributed by atoms with Gasteiger partial charge in [-0.3, -0.25) is 14.5 Å². The third-order valence-corrected chi connectivity index (χ3v) is 5.24. The first kappa shape index (κ1) is 19.4. The van der Waals surface area contributed by atoms with Crippen LogP contribution in [0.3, 0.4) is 0 Å². The number of hydrogen-bond acceptors (Lipinski definition) is 4. The van der Waals surface area contributed by atoms with Crippen LogP contribution in [0.5, 0.6) is 0 Å². The van der Waals surface area contributed by atoms with E-state index in [1.165, 1.54) is 24.0 Å². The Morgan fingerprint density at radius 3 is 2.59 bits per heavy atom. The van der Waals surface area contributed by atoms with Crippen molar-refractivity contribution in [3.8, 4) is 0 Å². The van der Waals surface area contributed by atoms with Crippen molar-refractivity contribution in [1.29, 1.82) is 0 Å². The summed E-state index contributed by atoms with van der Waals surface area (Å²) in [5, 5.41) is 2.92. The molecule has 1 amide bonds. The number of carbonyl (C=O) groups is 2. The summed E-state index contributed by atoms with van der Waals surface area (Å²) in [6.45, 7) is 0.451. The molecule has 1 unspecified atom stereocenters. The summed E-state index contributed by atoms with van der Waals surface area (Å²) in [4.78, 5) is 26.7. The fourth-order valence-corrected chi connectivity index (χ4v) is 3.60. The predicted molar refractivity (Wildman–Crippen MR) is 105 cm³/mol. The fraction of sp³-hybridized carbons (Fsp3) is 0.455. The van der Waals surface area contributed by atoms with Crippen LogP contribution in [-0.4, -0.2) is 37.2 Å². The van der Waals surface area contributed by atoms with Crippen molar-refractivity contribution in [2.75, 3.05) is 20.6 Å². The summed E-state index contributed by atoms with van der Waals surface area (Å²) in [6, 6.07) is 9.71. The van der Waals surface area contributed by atoms with Gasteiger partial charge in [-0.15, -0.1) is 0 Å². The van der Waals surface area contributed by atoms with Gasteiger partial charge in [0.1, 0.15) is 5.76 Å². The van der Waals surface area contributed by atoms with Crippen LogP contribution >= 0.6 is 0 Å². The van der Waals surface area contributed by atoms with Crippen LogP contribution in [-0.2, 0) is 17.6 Å². The van der Waals surface area contributed by atoms with Gasteiger partial charge in [0, 0.05) is 24.9 Å². The highest BCUT2D eigenvalue weighted by Crippen LogP contribution is 2.23. The van der Waals surface area contributed by atoms with Gasteiger partial charge in [-0.1, -0.05) is 12.1 Å². The van der Waals surface area contributed by atoms with Gasteiger partial charge in [0.2, 0.25) is 5.91 Å². The lowest BCUT2D eigenvalue weighted by Gasteiger charge is -2.22. The van der Waals surface area contributed by atoms with Crippen LogP contribution in [0.25, 0.3) is 0 Å². The molecule has 0 aliphatic heterocycles. The first-order valence-corrected chi connectivity index (χ1v) is 9.66. The SMILES string of the molecule is CN(C)C(CNC(=O)CCC(=O)c1ccc2c(c1)CCCC2)c1ccco1. The van der Waals surface area contributed by atoms with Crippen molar-refractivity contribution in [1.82, 2.24) is 10.2 Å². The highest BCUT2D eigenvalue weighted by atomic mass is 16.3. The number of ketones is 1. The van der Waals surface area contributed by atoms with E-state index < -0.39 is 0 Å². The number of carbonyl (C=O) groups excluding carboxylic acids is 2. The van der Waals surface area contributed by atoms with E-state index in [4.69, 9.17) is 4.42 Å². The molecular formula is C22H28N2O3. The third-order valence-electron chi connectivity index (χ3n) is 5.24. The van der Waals surface area contributed by atoms with Gasteiger partial charge >= 0.3 is 0 Å². The average molecular weight is 368 g/mol. The second kappa shape index (κ2) is 9.00. The largest absolute Gasteiger partial charge is 0.468 e. The molecule has 5 heteroatoms. The summed E-state index contributed by atoms with van der Waals surface area (Å²) in [5.74, 6) is 0.735. The first-order valence-electron chi connectivity index (χ1n) is 9.66. The summed E-state index contributed by atoms with van der Waals surface area (Å²) < 4.78 is 5.44. The van der Waals surface area contributed by atoms with Crippen LogP contribution in [0.2, 0.25) is 0 Å². The Kier molecular flexibility index (Phi) is 6.45. The molecule has 1 atom stereocenters. The molecule has 0 saturated carbocycles. The van der Waals surface area contributed by atoms with Crippen molar-refractivity contribution in [2.45, 2.75) is 44.6 Å². The number of aryl methyl sites for hydroxylation is 2. The molecule has 0 saturated heterocycles. The van der Waals surface area contributed by atoms with E-state index in [0.717, 1.165) is 24.2 Å². The van der Waals surface area contributed by atoms with Gasteiger partial charge in [-0.2, -0.15) is 0 Å². The Balaban J connectivity index is 1.49. The molecule has 0 spiro atoms. The number of fused-ring (bicyclic) bond motifs is 1. The maximum atomic E-state index is 12.5. The van der Waals surface area contributed by atoms with Crippen molar-refractivity contribution >= 4 is 11.7 Å². The lowest BCUT2D eigenvalue weighted by atomic mass is 9.89. The van der Waals surface area contributed by atoms with Crippen LogP contribution in [0.4, 0.5) is 0 Å². The van der Waals surface area contributed by atoms with E-state index in [9.17, 15) is 9.59 Å². The molecule has 1 aliphatic rings. The molecule has 144 valence electrons. The third kappa shape index (κ3) is 5.07. The molecule has 2 aromatic rings. The normalized spacial score (nSPS) is 14.6. The van der Waals surface area contributed by atoms with Crippen LogP contribution in [0.15, 0.2) is 41.0 Å². The van der Waals surface area contributed by atoms with E-state index in [0.29, 0.717) is 6.54 Å². The molecule has 0 bridgehead atoms. The van der Waals surface area contributed by atoms with Crippen LogP contribution in [0.1, 0.15) is 59.0 Å². The second-order valence-corrected chi connectivity index (χ2v) is 7.41. The maximum absolute atomic E-state index is 12.5. The molecule has 27 heavy (non-hydrogen) atoms. The molecule has 1 aliphatic carbocycles. The van der Waals surface area contributed by atoms with Crippen molar-refractivity contribution in [2.24, 2.45) is 0 Å².